The third-order valence-corrected chi connectivity index (χ3v) is 6.50. The van der Waals surface area contributed by atoms with Crippen molar-refractivity contribution in [2.75, 3.05) is 13.7 Å². The number of nitrogens with zero attached hydrogens (tertiary/aromatic N) is 2. The van der Waals surface area contributed by atoms with Gasteiger partial charge in [-0.3, -0.25) is 0 Å². The molecule has 0 fully saturated rings. The summed E-state index contributed by atoms with van der Waals surface area (Å²) in [6.45, 7) is 5.31. The number of carbonyl (C=O) groups excluding carboxylic acids is 1. The van der Waals surface area contributed by atoms with E-state index in [0.717, 1.165) is 51.8 Å². The fraction of sp³-hybridized carbons (Fsp3) is 0.259. The van der Waals surface area contributed by atoms with Crippen LogP contribution in [-0.2, 0) is 6.54 Å². The smallest absolute Gasteiger partial charge is 0.412 e. The van der Waals surface area contributed by atoms with E-state index in [9.17, 15) is 4.79 Å². The number of methoxy groups -OCH3 is 1. The molecular weight excluding hydrogens is 446 g/mol. The van der Waals surface area contributed by atoms with Gasteiger partial charge in [0.25, 0.3) is 0 Å². The number of aromatic nitrogens is 2. The van der Waals surface area contributed by atoms with Crippen LogP contribution < -0.4 is 14.8 Å². The molecule has 0 atom stereocenters. The SMILES string of the molecule is CCCCNC(=O)Oc1cc(-c2csc(-c3ccc(OC)cc3)n2)n(Cc2ccccc2)c1C. The van der Waals surface area contributed by atoms with Gasteiger partial charge in [-0.15, -0.1) is 11.3 Å². The molecule has 0 aliphatic heterocycles. The van der Waals surface area contributed by atoms with Gasteiger partial charge in [0.2, 0.25) is 0 Å². The van der Waals surface area contributed by atoms with E-state index >= 15 is 0 Å². The van der Waals surface area contributed by atoms with Crippen LogP contribution in [0.25, 0.3) is 22.0 Å². The Labute approximate surface area is 204 Å². The number of unbranched alkanes of at least 4 members (excludes halogenated alkanes) is 1. The van der Waals surface area contributed by atoms with Gasteiger partial charge in [0, 0.05) is 30.1 Å². The number of hydrogen-bond acceptors (Lipinski definition) is 5. The molecule has 0 bridgehead atoms. The zero-order chi connectivity index (χ0) is 23.9. The molecule has 0 spiro atoms. The molecule has 0 saturated carbocycles. The third-order valence-electron chi connectivity index (χ3n) is 5.61. The number of benzene rings is 2. The molecule has 4 rings (SSSR count). The lowest BCUT2D eigenvalue weighted by Crippen LogP contribution is -2.27. The fourth-order valence-electron chi connectivity index (χ4n) is 3.67. The van der Waals surface area contributed by atoms with E-state index in [0.29, 0.717) is 18.8 Å². The van der Waals surface area contributed by atoms with Crippen molar-refractivity contribution in [3.05, 3.63) is 77.3 Å². The number of ether oxygens (including phenoxy) is 2. The summed E-state index contributed by atoms with van der Waals surface area (Å²) in [6, 6.07) is 20.0. The van der Waals surface area contributed by atoms with E-state index < -0.39 is 6.09 Å². The van der Waals surface area contributed by atoms with E-state index in [1.807, 2.05) is 60.8 Å². The summed E-state index contributed by atoms with van der Waals surface area (Å²) < 4.78 is 13.1. The minimum Gasteiger partial charge on any atom is -0.497 e. The van der Waals surface area contributed by atoms with E-state index in [1.165, 1.54) is 0 Å². The van der Waals surface area contributed by atoms with E-state index in [-0.39, 0.29) is 0 Å². The van der Waals surface area contributed by atoms with Crippen LogP contribution in [-0.4, -0.2) is 29.3 Å². The lowest BCUT2D eigenvalue weighted by molar-refractivity contribution is 0.200. The molecule has 176 valence electrons. The average molecular weight is 476 g/mol. The second kappa shape index (κ2) is 11.0. The maximum Gasteiger partial charge on any atom is 0.412 e. The number of carbonyl (C=O) groups is 1. The summed E-state index contributed by atoms with van der Waals surface area (Å²) in [5.41, 5.74) is 4.82. The van der Waals surface area contributed by atoms with Crippen molar-refractivity contribution in [1.82, 2.24) is 14.9 Å². The Bertz CT molecular complexity index is 1230. The lowest BCUT2D eigenvalue weighted by Gasteiger charge is -2.11. The van der Waals surface area contributed by atoms with Crippen LogP contribution in [0.3, 0.4) is 0 Å². The van der Waals surface area contributed by atoms with Crippen molar-refractivity contribution in [3.8, 4) is 33.5 Å². The second-order valence-corrected chi connectivity index (χ2v) is 8.85. The predicted molar refractivity (Wildman–Crippen MR) is 137 cm³/mol. The van der Waals surface area contributed by atoms with Gasteiger partial charge < -0.3 is 19.4 Å². The zero-order valence-electron chi connectivity index (χ0n) is 19.7. The van der Waals surface area contributed by atoms with Crippen LogP contribution in [0.5, 0.6) is 11.5 Å². The molecule has 7 heteroatoms. The van der Waals surface area contributed by atoms with Gasteiger partial charge in [-0.25, -0.2) is 9.78 Å². The Kier molecular flexibility index (Phi) is 7.65. The quantitative estimate of drug-likeness (QED) is 0.279. The van der Waals surface area contributed by atoms with Crippen molar-refractivity contribution < 1.29 is 14.3 Å². The molecule has 34 heavy (non-hydrogen) atoms. The summed E-state index contributed by atoms with van der Waals surface area (Å²) in [4.78, 5) is 17.2. The highest BCUT2D eigenvalue weighted by atomic mass is 32.1. The Morgan fingerprint density at radius 1 is 1.12 bits per heavy atom. The minimum atomic E-state index is -0.433. The number of hydrogen-bond donors (Lipinski definition) is 1. The molecule has 0 saturated heterocycles. The van der Waals surface area contributed by atoms with Crippen LogP contribution in [0, 0.1) is 6.92 Å². The largest absolute Gasteiger partial charge is 0.497 e. The number of nitrogens with one attached hydrogen (secondary N) is 1. The summed E-state index contributed by atoms with van der Waals surface area (Å²) in [6.07, 6.45) is 1.50. The first-order valence-corrected chi connectivity index (χ1v) is 12.3. The lowest BCUT2D eigenvalue weighted by atomic mass is 10.2. The molecule has 6 nitrogen and oxygen atoms in total. The van der Waals surface area contributed by atoms with E-state index in [2.05, 4.69) is 28.9 Å². The first-order valence-electron chi connectivity index (χ1n) is 11.4. The fourth-order valence-corrected chi connectivity index (χ4v) is 4.49. The molecule has 0 aliphatic carbocycles. The molecule has 4 aromatic rings. The summed E-state index contributed by atoms with van der Waals surface area (Å²) >= 11 is 1.58. The van der Waals surface area contributed by atoms with Crippen LogP contribution in [0.4, 0.5) is 4.79 Å². The van der Waals surface area contributed by atoms with Crippen LogP contribution >= 0.6 is 11.3 Å². The number of rotatable bonds is 9. The highest BCUT2D eigenvalue weighted by Gasteiger charge is 2.19. The van der Waals surface area contributed by atoms with Crippen LogP contribution in [0.15, 0.2) is 66.0 Å². The second-order valence-electron chi connectivity index (χ2n) is 7.99. The molecule has 1 amide bonds. The van der Waals surface area contributed by atoms with Crippen LogP contribution in [0.2, 0.25) is 0 Å². The van der Waals surface area contributed by atoms with Gasteiger partial charge in [-0.1, -0.05) is 43.7 Å². The van der Waals surface area contributed by atoms with Crippen molar-refractivity contribution in [2.45, 2.75) is 33.2 Å². The third kappa shape index (κ3) is 5.48. The Morgan fingerprint density at radius 2 is 1.88 bits per heavy atom. The van der Waals surface area contributed by atoms with Gasteiger partial charge in [0.1, 0.15) is 10.8 Å². The normalized spacial score (nSPS) is 10.8. The maximum absolute atomic E-state index is 12.3. The van der Waals surface area contributed by atoms with E-state index in [4.69, 9.17) is 14.5 Å². The maximum atomic E-state index is 12.3. The number of amides is 1. The van der Waals surface area contributed by atoms with Crippen molar-refractivity contribution in [1.29, 1.82) is 0 Å². The minimum absolute atomic E-state index is 0.433. The van der Waals surface area contributed by atoms with Gasteiger partial charge in [0.05, 0.1) is 24.2 Å². The summed E-state index contributed by atoms with van der Waals surface area (Å²) in [7, 11) is 1.66. The van der Waals surface area contributed by atoms with Crippen LogP contribution in [0.1, 0.15) is 31.0 Å². The zero-order valence-corrected chi connectivity index (χ0v) is 20.5. The summed E-state index contributed by atoms with van der Waals surface area (Å²) in [5.74, 6) is 1.35. The first-order chi connectivity index (χ1) is 16.6. The molecular formula is C27H29N3O3S. The summed E-state index contributed by atoms with van der Waals surface area (Å²) in [5, 5.41) is 5.78. The average Bonchev–Trinajstić information content (AvgIpc) is 3.46. The Balaban J connectivity index is 1.66. The topological polar surface area (TPSA) is 65.4 Å². The molecule has 0 aliphatic rings. The highest BCUT2D eigenvalue weighted by Crippen LogP contribution is 2.35. The molecule has 2 aromatic heterocycles. The standard InChI is InChI=1S/C27H29N3O3S/c1-4-5-15-28-27(31)33-25-16-24(30(19(25)2)17-20-9-7-6-8-10-20)23-18-34-26(29-23)21-11-13-22(32-3)14-12-21/h6-14,16,18H,4-5,15,17H2,1-3H3,(H,28,31). The molecule has 2 aromatic carbocycles. The monoisotopic (exact) mass is 475 g/mol. The molecule has 2 heterocycles. The Morgan fingerprint density at radius 3 is 2.59 bits per heavy atom. The van der Waals surface area contributed by atoms with Gasteiger partial charge in [-0.2, -0.15) is 0 Å². The molecule has 0 unspecified atom stereocenters. The molecule has 0 radical (unpaired) electrons. The highest BCUT2D eigenvalue weighted by molar-refractivity contribution is 7.13. The van der Waals surface area contributed by atoms with E-state index in [1.54, 1.807) is 18.4 Å². The van der Waals surface area contributed by atoms with Gasteiger partial charge in [-0.05, 0) is 43.2 Å². The van der Waals surface area contributed by atoms with Gasteiger partial charge in [0.15, 0.2) is 5.75 Å². The Hall–Kier alpha value is -3.58. The molecule has 1 N–H and O–H groups in total. The van der Waals surface area contributed by atoms with Crippen molar-refractivity contribution in [2.24, 2.45) is 0 Å². The predicted octanol–water partition coefficient (Wildman–Crippen LogP) is 6.53. The van der Waals surface area contributed by atoms with Crippen molar-refractivity contribution >= 4 is 17.4 Å². The number of thiazole rings is 1. The van der Waals surface area contributed by atoms with Gasteiger partial charge >= 0.3 is 6.09 Å². The van der Waals surface area contributed by atoms with Crippen molar-refractivity contribution in [3.63, 3.8) is 0 Å². The first kappa shape index (κ1) is 23.6.